The van der Waals surface area contributed by atoms with E-state index in [0.717, 1.165) is 36.9 Å². The van der Waals surface area contributed by atoms with E-state index in [1.54, 1.807) is 12.1 Å². The summed E-state index contributed by atoms with van der Waals surface area (Å²) in [6.07, 6.45) is 3.32. The van der Waals surface area contributed by atoms with E-state index in [-0.39, 0.29) is 11.4 Å². The van der Waals surface area contributed by atoms with E-state index in [0.29, 0.717) is 5.56 Å². The van der Waals surface area contributed by atoms with Gasteiger partial charge in [0.25, 0.3) is 0 Å². The van der Waals surface area contributed by atoms with Gasteiger partial charge in [-0.1, -0.05) is 18.2 Å². The minimum atomic E-state index is -3.64. The Morgan fingerprint density at radius 2 is 1.69 bits per heavy atom. The molecule has 1 aliphatic carbocycles. The molecule has 1 aliphatic rings. The van der Waals surface area contributed by atoms with Crippen molar-refractivity contribution in [2.45, 2.75) is 36.7 Å². The third kappa shape index (κ3) is 4.26. The van der Waals surface area contributed by atoms with Gasteiger partial charge in [0.15, 0.2) is 0 Å². The topological polar surface area (TPSA) is 69.6 Å². The zero-order chi connectivity index (χ0) is 18.7. The molecule has 0 bridgehead atoms. The van der Waals surface area contributed by atoms with Gasteiger partial charge in [0.1, 0.15) is 0 Å². The fraction of sp³-hybridized carbons (Fsp3) is 0.400. The van der Waals surface area contributed by atoms with E-state index in [4.69, 9.17) is 0 Å². The quantitative estimate of drug-likeness (QED) is 0.816. The van der Waals surface area contributed by atoms with Crippen LogP contribution in [0.1, 0.15) is 35.6 Å². The average Bonchev–Trinajstić information content (AvgIpc) is 2.65. The number of hydrogen-bond acceptors (Lipinski definition) is 4. The molecule has 0 saturated carbocycles. The van der Waals surface area contributed by atoms with Gasteiger partial charge in [-0.05, 0) is 66.6 Å². The SMILES string of the molecule is CN(C)c1ccc(C(O)CNS(=O)(=O)c2ccc3c(c2)CCCC3)cc1. The Morgan fingerprint density at radius 3 is 2.35 bits per heavy atom. The van der Waals surface area contributed by atoms with Crippen LogP contribution in [0.4, 0.5) is 5.69 Å². The van der Waals surface area contributed by atoms with Gasteiger partial charge in [-0.3, -0.25) is 0 Å². The number of hydrogen-bond donors (Lipinski definition) is 2. The maximum atomic E-state index is 12.6. The summed E-state index contributed by atoms with van der Waals surface area (Å²) in [5.74, 6) is 0. The van der Waals surface area contributed by atoms with E-state index >= 15 is 0 Å². The third-order valence-corrected chi connectivity index (χ3v) is 6.31. The number of aliphatic hydroxyl groups is 1. The van der Waals surface area contributed by atoms with E-state index in [1.165, 1.54) is 5.56 Å². The van der Waals surface area contributed by atoms with Crippen LogP contribution in [-0.4, -0.2) is 34.2 Å². The van der Waals surface area contributed by atoms with Crippen LogP contribution in [0, 0.1) is 0 Å². The van der Waals surface area contributed by atoms with Crippen molar-refractivity contribution in [2.24, 2.45) is 0 Å². The van der Waals surface area contributed by atoms with Crippen LogP contribution in [0.5, 0.6) is 0 Å². The molecule has 26 heavy (non-hydrogen) atoms. The summed E-state index contributed by atoms with van der Waals surface area (Å²) in [4.78, 5) is 2.24. The van der Waals surface area contributed by atoms with Gasteiger partial charge in [0.2, 0.25) is 10.0 Å². The number of rotatable bonds is 6. The van der Waals surface area contributed by atoms with E-state index in [2.05, 4.69) is 4.72 Å². The summed E-state index contributed by atoms with van der Waals surface area (Å²) in [5, 5.41) is 10.3. The van der Waals surface area contributed by atoms with Crippen LogP contribution >= 0.6 is 0 Å². The molecule has 0 aliphatic heterocycles. The summed E-state index contributed by atoms with van der Waals surface area (Å²) in [5.41, 5.74) is 4.08. The number of nitrogens with one attached hydrogen (secondary N) is 1. The largest absolute Gasteiger partial charge is 0.387 e. The van der Waals surface area contributed by atoms with Gasteiger partial charge in [-0.2, -0.15) is 0 Å². The maximum Gasteiger partial charge on any atom is 0.240 e. The Kier molecular flexibility index (Phi) is 5.65. The van der Waals surface area contributed by atoms with Gasteiger partial charge < -0.3 is 10.0 Å². The lowest BCUT2D eigenvalue weighted by Crippen LogP contribution is -2.28. The molecule has 3 rings (SSSR count). The van der Waals surface area contributed by atoms with Crippen molar-refractivity contribution in [3.8, 4) is 0 Å². The fourth-order valence-corrected chi connectivity index (χ4v) is 4.35. The Hall–Kier alpha value is -1.89. The van der Waals surface area contributed by atoms with Crippen molar-refractivity contribution in [2.75, 3.05) is 25.5 Å². The number of aliphatic hydroxyl groups excluding tert-OH is 1. The molecule has 2 N–H and O–H groups in total. The number of aryl methyl sites for hydroxylation is 2. The van der Waals surface area contributed by atoms with Crippen LogP contribution < -0.4 is 9.62 Å². The predicted octanol–water partition coefficient (Wildman–Crippen LogP) is 2.64. The standard InChI is InChI=1S/C20H26N2O3S/c1-22(2)18-10-7-16(8-11-18)20(23)14-21-26(24,25)19-12-9-15-5-3-4-6-17(15)13-19/h7-13,20-21,23H,3-6,14H2,1-2H3. The maximum absolute atomic E-state index is 12.6. The van der Waals surface area contributed by atoms with Crippen molar-refractivity contribution < 1.29 is 13.5 Å². The van der Waals surface area contributed by atoms with E-state index in [9.17, 15) is 13.5 Å². The molecule has 0 radical (unpaired) electrons. The predicted molar refractivity (Wildman–Crippen MR) is 104 cm³/mol. The van der Waals surface area contributed by atoms with Crippen LogP contribution in [0.2, 0.25) is 0 Å². The molecule has 2 aromatic rings. The third-order valence-electron chi connectivity index (χ3n) is 4.89. The smallest absolute Gasteiger partial charge is 0.240 e. The van der Waals surface area contributed by atoms with Gasteiger partial charge in [0.05, 0.1) is 11.0 Å². The van der Waals surface area contributed by atoms with Gasteiger partial charge in [0, 0.05) is 26.3 Å². The van der Waals surface area contributed by atoms with Gasteiger partial charge in [-0.25, -0.2) is 13.1 Å². The zero-order valence-corrected chi connectivity index (χ0v) is 16.1. The minimum absolute atomic E-state index is 0.0548. The summed E-state index contributed by atoms with van der Waals surface area (Å²) < 4.78 is 27.7. The molecule has 0 saturated heterocycles. The summed E-state index contributed by atoms with van der Waals surface area (Å²) in [6, 6.07) is 12.8. The molecule has 0 heterocycles. The summed E-state index contributed by atoms with van der Waals surface area (Å²) in [6.45, 7) is -0.0548. The Balaban J connectivity index is 1.67. The van der Waals surface area contributed by atoms with Crippen LogP contribution in [0.15, 0.2) is 47.4 Å². The van der Waals surface area contributed by atoms with Gasteiger partial charge >= 0.3 is 0 Å². The number of nitrogens with zero attached hydrogens (tertiary/aromatic N) is 1. The Morgan fingerprint density at radius 1 is 1.04 bits per heavy atom. The second-order valence-corrected chi connectivity index (χ2v) is 8.76. The van der Waals surface area contributed by atoms with Crippen molar-refractivity contribution in [1.82, 2.24) is 4.72 Å². The second-order valence-electron chi connectivity index (χ2n) is 6.99. The molecule has 0 spiro atoms. The van der Waals surface area contributed by atoms with Crippen LogP contribution in [0.3, 0.4) is 0 Å². The molecule has 2 aromatic carbocycles. The average molecular weight is 375 g/mol. The highest BCUT2D eigenvalue weighted by Gasteiger charge is 2.19. The van der Waals surface area contributed by atoms with E-state index in [1.807, 2.05) is 49.3 Å². The van der Waals surface area contributed by atoms with Crippen molar-refractivity contribution in [1.29, 1.82) is 0 Å². The van der Waals surface area contributed by atoms with Crippen molar-refractivity contribution in [3.05, 3.63) is 59.2 Å². The molecule has 6 heteroatoms. The molecule has 1 unspecified atom stereocenters. The lowest BCUT2D eigenvalue weighted by atomic mass is 9.92. The Labute approximate surface area is 155 Å². The van der Waals surface area contributed by atoms with Crippen LogP contribution in [0.25, 0.3) is 0 Å². The normalized spacial score (nSPS) is 15.3. The highest BCUT2D eigenvalue weighted by atomic mass is 32.2. The number of sulfonamides is 1. The number of benzene rings is 2. The Bertz CT molecular complexity index is 861. The molecule has 140 valence electrons. The first-order valence-corrected chi connectivity index (χ1v) is 10.4. The first-order chi connectivity index (χ1) is 12.4. The van der Waals surface area contributed by atoms with Crippen molar-refractivity contribution >= 4 is 15.7 Å². The molecule has 0 fully saturated rings. The first kappa shape index (κ1) is 18.9. The fourth-order valence-electron chi connectivity index (χ4n) is 3.26. The van der Waals surface area contributed by atoms with Crippen molar-refractivity contribution in [3.63, 3.8) is 0 Å². The lowest BCUT2D eigenvalue weighted by Gasteiger charge is -2.18. The highest BCUT2D eigenvalue weighted by molar-refractivity contribution is 7.89. The molecular weight excluding hydrogens is 348 g/mol. The molecule has 1 atom stereocenters. The summed E-state index contributed by atoms with van der Waals surface area (Å²) >= 11 is 0. The lowest BCUT2D eigenvalue weighted by molar-refractivity contribution is 0.182. The monoisotopic (exact) mass is 374 g/mol. The summed E-state index contributed by atoms with van der Waals surface area (Å²) in [7, 11) is 0.249. The van der Waals surface area contributed by atoms with Crippen LogP contribution in [-0.2, 0) is 22.9 Å². The molecule has 0 amide bonds. The highest BCUT2D eigenvalue weighted by Crippen LogP contribution is 2.24. The zero-order valence-electron chi connectivity index (χ0n) is 15.3. The van der Waals surface area contributed by atoms with E-state index < -0.39 is 16.1 Å². The first-order valence-electron chi connectivity index (χ1n) is 8.93. The second kappa shape index (κ2) is 7.78. The molecule has 5 nitrogen and oxygen atoms in total. The molecule has 0 aromatic heterocycles. The number of fused-ring (bicyclic) bond motifs is 1. The molecular formula is C20H26N2O3S. The minimum Gasteiger partial charge on any atom is -0.387 e. The number of anilines is 1. The van der Waals surface area contributed by atoms with Gasteiger partial charge in [-0.15, -0.1) is 0 Å².